The van der Waals surface area contributed by atoms with E-state index in [-0.39, 0.29) is 6.04 Å². The summed E-state index contributed by atoms with van der Waals surface area (Å²) >= 11 is 6.22. The number of hydrazine groups is 1. The molecule has 7 heteroatoms. The summed E-state index contributed by atoms with van der Waals surface area (Å²) in [4.78, 5) is 8.07. The van der Waals surface area contributed by atoms with Crippen LogP contribution in [0.15, 0.2) is 18.6 Å². The number of rotatable bonds is 4. The van der Waals surface area contributed by atoms with E-state index in [4.69, 9.17) is 17.4 Å². The Morgan fingerprint density at radius 2 is 2.33 bits per heavy atom. The van der Waals surface area contributed by atoms with E-state index in [9.17, 15) is 0 Å². The fourth-order valence-corrected chi connectivity index (χ4v) is 2.09. The number of aromatic nitrogens is 4. The molecule has 2 aromatic heterocycles. The normalized spacial score (nSPS) is 12.7. The van der Waals surface area contributed by atoms with Gasteiger partial charge in [0.1, 0.15) is 6.33 Å². The summed E-state index contributed by atoms with van der Waals surface area (Å²) in [5.74, 6) is 5.58. The highest BCUT2D eigenvalue weighted by Crippen LogP contribution is 2.24. The molecule has 0 aliphatic rings. The van der Waals surface area contributed by atoms with Crippen molar-refractivity contribution in [2.75, 3.05) is 0 Å². The Morgan fingerprint density at radius 1 is 1.56 bits per heavy atom. The fourth-order valence-electron chi connectivity index (χ4n) is 1.85. The van der Waals surface area contributed by atoms with Crippen molar-refractivity contribution in [2.24, 2.45) is 12.9 Å². The summed E-state index contributed by atoms with van der Waals surface area (Å²) in [7, 11) is 1.86. The zero-order valence-corrected chi connectivity index (χ0v) is 11.0. The lowest BCUT2D eigenvalue weighted by Crippen LogP contribution is -2.30. The van der Waals surface area contributed by atoms with Crippen LogP contribution < -0.4 is 11.3 Å². The van der Waals surface area contributed by atoms with Crippen LogP contribution in [0.5, 0.6) is 0 Å². The predicted octanol–water partition coefficient (Wildman–Crippen LogP) is 0.919. The number of hydrogen-bond acceptors (Lipinski definition) is 5. The molecule has 0 aliphatic heterocycles. The number of nitrogens with two attached hydrogens (primary N) is 1. The van der Waals surface area contributed by atoms with Crippen LogP contribution in [-0.2, 0) is 13.5 Å². The second kappa shape index (κ2) is 5.43. The van der Waals surface area contributed by atoms with E-state index in [0.717, 1.165) is 17.1 Å². The molecule has 0 fully saturated rings. The topological polar surface area (TPSA) is 81.7 Å². The van der Waals surface area contributed by atoms with Crippen LogP contribution in [0.1, 0.15) is 23.1 Å². The second-order valence-corrected chi connectivity index (χ2v) is 4.41. The SMILES string of the molecule is Cc1nn(C)c(CC(NN)c2ccncn2)c1Cl. The summed E-state index contributed by atoms with van der Waals surface area (Å²) < 4.78 is 1.77. The molecule has 6 nitrogen and oxygen atoms in total. The van der Waals surface area contributed by atoms with E-state index in [1.54, 1.807) is 10.9 Å². The van der Waals surface area contributed by atoms with Crippen LogP contribution in [-0.4, -0.2) is 19.7 Å². The highest BCUT2D eigenvalue weighted by atomic mass is 35.5. The maximum Gasteiger partial charge on any atom is 0.115 e. The molecule has 0 saturated heterocycles. The van der Waals surface area contributed by atoms with Gasteiger partial charge in [-0.25, -0.2) is 9.97 Å². The van der Waals surface area contributed by atoms with E-state index in [1.807, 2.05) is 20.0 Å². The van der Waals surface area contributed by atoms with Gasteiger partial charge < -0.3 is 0 Å². The molecule has 96 valence electrons. The van der Waals surface area contributed by atoms with Crippen molar-refractivity contribution in [3.63, 3.8) is 0 Å². The molecule has 0 spiro atoms. The maximum absolute atomic E-state index is 6.22. The van der Waals surface area contributed by atoms with Crippen molar-refractivity contribution in [2.45, 2.75) is 19.4 Å². The summed E-state index contributed by atoms with van der Waals surface area (Å²) in [6.45, 7) is 1.88. The molecule has 3 N–H and O–H groups in total. The molecule has 2 aromatic rings. The van der Waals surface area contributed by atoms with Crippen LogP contribution in [0.2, 0.25) is 5.02 Å². The lowest BCUT2D eigenvalue weighted by atomic mass is 10.1. The third-order valence-electron chi connectivity index (χ3n) is 2.82. The van der Waals surface area contributed by atoms with Gasteiger partial charge >= 0.3 is 0 Å². The fraction of sp³-hybridized carbons (Fsp3) is 0.364. The molecule has 0 aromatic carbocycles. The third kappa shape index (κ3) is 2.50. The van der Waals surface area contributed by atoms with Gasteiger partial charge in [-0.15, -0.1) is 0 Å². The van der Waals surface area contributed by atoms with Crippen LogP contribution >= 0.6 is 11.6 Å². The number of aryl methyl sites for hydroxylation is 2. The summed E-state index contributed by atoms with van der Waals surface area (Å²) in [5.41, 5.74) is 5.30. The number of halogens is 1. The first kappa shape index (κ1) is 12.9. The zero-order valence-electron chi connectivity index (χ0n) is 10.3. The number of nitrogens with zero attached hydrogens (tertiary/aromatic N) is 4. The molecular formula is C11H15ClN6. The minimum absolute atomic E-state index is 0.125. The average molecular weight is 267 g/mol. The highest BCUT2D eigenvalue weighted by molar-refractivity contribution is 6.31. The van der Waals surface area contributed by atoms with Gasteiger partial charge in [-0.05, 0) is 13.0 Å². The van der Waals surface area contributed by atoms with Crippen LogP contribution in [0.25, 0.3) is 0 Å². The van der Waals surface area contributed by atoms with Crippen molar-refractivity contribution >= 4 is 11.6 Å². The molecule has 0 saturated carbocycles. The molecule has 1 unspecified atom stereocenters. The first-order valence-corrected chi connectivity index (χ1v) is 5.91. The monoisotopic (exact) mass is 266 g/mol. The minimum Gasteiger partial charge on any atom is -0.271 e. The first-order chi connectivity index (χ1) is 8.63. The molecule has 2 heterocycles. The first-order valence-electron chi connectivity index (χ1n) is 5.53. The molecule has 1 atom stereocenters. The van der Waals surface area contributed by atoms with Crippen molar-refractivity contribution in [3.8, 4) is 0 Å². The number of nitrogens with one attached hydrogen (secondary N) is 1. The molecule has 2 rings (SSSR count). The van der Waals surface area contributed by atoms with Gasteiger partial charge in [0.25, 0.3) is 0 Å². The maximum atomic E-state index is 6.22. The Balaban J connectivity index is 2.26. The van der Waals surface area contributed by atoms with Gasteiger partial charge in [-0.1, -0.05) is 11.6 Å². The van der Waals surface area contributed by atoms with Gasteiger partial charge in [0, 0.05) is 19.7 Å². The van der Waals surface area contributed by atoms with E-state index in [2.05, 4.69) is 20.5 Å². The Labute approximate surface area is 110 Å². The summed E-state index contributed by atoms with van der Waals surface area (Å²) in [6.07, 6.45) is 3.79. The smallest absolute Gasteiger partial charge is 0.115 e. The van der Waals surface area contributed by atoms with Gasteiger partial charge in [-0.3, -0.25) is 16.0 Å². The van der Waals surface area contributed by atoms with Gasteiger partial charge in [-0.2, -0.15) is 5.10 Å². The molecule has 0 aliphatic carbocycles. The van der Waals surface area contributed by atoms with Crippen LogP contribution in [0.4, 0.5) is 0 Å². The predicted molar refractivity (Wildman–Crippen MR) is 68.8 cm³/mol. The average Bonchev–Trinajstić information content (AvgIpc) is 2.62. The minimum atomic E-state index is -0.125. The Morgan fingerprint density at radius 3 is 2.83 bits per heavy atom. The molecule has 0 amide bonds. The summed E-state index contributed by atoms with van der Waals surface area (Å²) in [6, 6.07) is 1.70. The van der Waals surface area contributed by atoms with Crippen LogP contribution in [0.3, 0.4) is 0 Å². The Hall–Kier alpha value is -1.50. The van der Waals surface area contributed by atoms with Crippen molar-refractivity contribution in [1.82, 2.24) is 25.2 Å². The van der Waals surface area contributed by atoms with Crippen molar-refractivity contribution in [1.29, 1.82) is 0 Å². The molecule has 18 heavy (non-hydrogen) atoms. The Kier molecular flexibility index (Phi) is 3.90. The largest absolute Gasteiger partial charge is 0.271 e. The molecule has 0 bridgehead atoms. The second-order valence-electron chi connectivity index (χ2n) is 4.03. The van der Waals surface area contributed by atoms with Gasteiger partial charge in [0.15, 0.2) is 0 Å². The Bertz CT molecular complexity index is 524. The number of hydrogen-bond donors (Lipinski definition) is 2. The highest BCUT2D eigenvalue weighted by Gasteiger charge is 2.18. The standard InChI is InChI=1S/C11H15ClN6/c1-7-11(12)10(18(2)17-7)5-9(16-13)8-3-4-14-6-15-8/h3-4,6,9,16H,5,13H2,1-2H3. The van der Waals surface area contributed by atoms with Crippen molar-refractivity contribution < 1.29 is 0 Å². The van der Waals surface area contributed by atoms with E-state index < -0.39 is 0 Å². The van der Waals surface area contributed by atoms with Gasteiger partial charge in [0.2, 0.25) is 0 Å². The molecule has 0 radical (unpaired) electrons. The molecular weight excluding hydrogens is 252 g/mol. The lowest BCUT2D eigenvalue weighted by molar-refractivity contribution is 0.517. The van der Waals surface area contributed by atoms with Crippen LogP contribution in [0, 0.1) is 6.92 Å². The van der Waals surface area contributed by atoms with E-state index in [1.165, 1.54) is 6.33 Å². The summed E-state index contributed by atoms with van der Waals surface area (Å²) in [5, 5.41) is 4.95. The third-order valence-corrected chi connectivity index (χ3v) is 3.31. The van der Waals surface area contributed by atoms with E-state index >= 15 is 0 Å². The zero-order chi connectivity index (χ0) is 13.1. The van der Waals surface area contributed by atoms with Gasteiger partial charge in [0.05, 0.1) is 28.1 Å². The van der Waals surface area contributed by atoms with Crippen molar-refractivity contribution in [3.05, 3.63) is 40.7 Å². The van der Waals surface area contributed by atoms with E-state index in [0.29, 0.717) is 11.4 Å². The quantitative estimate of drug-likeness (QED) is 0.635. The lowest BCUT2D eigenvalue weighted by Gasteiger charge is -2.15.